The van der Waals surface area contributed by atoms with Crippen molar-refractivity contribution in [3.63, 3.8) is 0 Å². The van der Waals surface area contributed by atoms with E-state index in [1.54, 1.807) is 82.8 Å². The number of carboxylic acids is 1. The van der Waals surface area contributed by atoms with Crippen LogP contribution in [0.2, 0.25) is 0 Å². The van der Waals surface area contributed by atoms with Gasteiger partial charge >= 0.3 is 24.0 Å². The van der Waals surface area contributed by atoms with E-state index in [9.17, 15) is 24.0 Å². The van der Waals surface area contributed by atoms with Crippen molar-refractivity contribution >= 4 is 29.9 Å². The fraction of sp³-hybridized carbons (Fsp3) is 0.528. The van der Waals surface area contributed by atoms with Crippen molar-refractivity contribution in [1.82, 2.24) is 10.2 Å². The summed E-state index contributed by atoms with van der Waals surface area (Å²) in [5.74, 6) is -1.52. The third-order valence-electron chi connectivity index (χ3n) is 6.94. The average Bonchev–Trinajstić information content (AvgIpc) is 3.01. The molecular weight excluding hydrogens is 636 g/mol. The van der Waals surface area contributed by atoms with Crippen molar-refractivity contribution in [2.24, 2.45) is 0 Å². The van der Waals surface area contributed by atoms with E-state index in [-0.39, 0.29) is 36.8 Å². The quantitative estimate of drug-likeness (QED) is 0.222. The van der Waals surface area contributed by atoms with E-state index in [1.165, 1.54) is 12.1 Å². The Bertz CT molecular complexity index is 1450. The number of hydrogen-bond donors (Lipinski definition) is 2. The number of nitrogens with zero attached hydrogens (tertiary/aromatic N) is 1. The molecule has 2 N–H and O–H groups in total. The van der Waals surface area contributed by atoms with E-state index in [0.29, 0.717) is 43.0 Å². The van der Waals surface area contributed by atoms with E-state index in [0.717, 1.165) is 0 Å². The van der Waals surface area contributed by atoms with Gasteiger partial charge in [-0.3, -0.25) is 4.79 Å². The molecule has 0 radical (unpaired) electrons. The molecule has 49 heavy (non-hydrogen) atoms. The Morgan fingerprint density at radius 2 is 1.20 bits per heavy atom. The fourth-order valence-electron chi connectivity index (χ4n) is 4.48. The maximum absolute atomic E-state index is 12.7. The number of aromatic carboxylic acids is 1. The molecule has 0 saturated carbocycles. The third kappa shape index (κ3) is 13.3. The second kappa shape index (κ2) is 17.5. The van der Waals surface area contributed by atoms with Gasteiger partial charge in [-0.2, -0.15) is 0 Å². The van der Waals surface area contributed by atoms with Crippen molar-refractivity contribution in [1.29, 1.82) is 0 Å². The molecule has 1 heterocycles. The standard InChI is InChI=1S/C23H34N2O6.C13H16O5/c1-7-29-20(27)23(5,6)30-18-10-8-9-16(15-18)19(26)24-17-11-13-25(14-12-17)21(28)31-22(2,3)4;1-4-17-12(16)13(2,3)18-10-7-5-6-9(8-10)11(14)15/h8-10,15,17H,7,11-14H2,1-6H3,(H,24,26);5-8H,4H2,1-3H3,(H,14,15). The molecule has 0 spiro atoms. The highest BCUT2D eigenvalue weighted by molar-refractivity contribution is 5.94. The number of carboxylic acid groups (broad SMARTS) is 1. The van der Waals surface area contributed by atoms with Gasteiger partial charge in [0, 0.05) is 24.7 Å². The topological polar surface area (TPSA) is 167 Å². The van der Waals surface area contributed by atoms with Crippen molar-refractivity contribution < 1.29 is 52.8 Å². The van der Waals surface area contributed by atoms with Crippen LogP contribution in [0.3, 0.4) is 0 Å². The number of rotatable bonds is 11. The number of carbonyl (C=O) groups excluding carboxylic acids is 4. The zero-order chi connectivity index (χ0) is 37.0. The summed E-state index contributed by atoms with van der Waals surface area (Å²) in [6.45, 7) is 16.9. The van der Waals surface area contributed by atoms with Crippen molar-refractivity contribution in [2.45, 2.75) is 98.0 Å². The first-order chi connectivity index (χ1) is 22.8. The molecule has 3 rings (SSSR count). The van der Waals surface area contributed by atoms with Crippen LogP contribution in [-0.2, 0) is 23.8 Å². The van der Waals surface area contributed by atoms with E-state index in [4.69, 9.17) is 28.8 Å². The van der Waals surface area contributed by atoms with Crippen LogP contribution in [0.25, 0.3) is 0 Å². The molecule has 1 aliphatic heterocycles. The van der Waals surface area contributed by atoms with Crippen LogP contribution < -0.4 is 14.8 Å². The lowest BCUT2D eigenvalue weighted by molar-refractivity contribution is -0.159. The molecule has 0 aromatic heterocycles. The second-order valence-corrected chi connectivity index (χ2v) is 13.2. The van der Waals surface area contributed by atoms with Crippen molar-refractivity contribution in [3.05, 3.63) is 59.7 Å². The normalized spacial score (nSPS) is 13.6. The highest BCUT2D eigenvalue weighted by Gasteiger charge is 2.33. The number of hydrogen-bond acceptors (Lipinski definition) is 10. The van der Waals surface area contributed by atoms with Gasteiger partial charge in [0.1, 0.15) is 17.1 Å². The first-order valence-electron chi connectivity index (χ1n) is 16.2. The summed E-state index contributed by atoms with van der Waals surface area (Å²) < 4.78 is 26.5. The smallest absolute Gasteiger partial charge is 0.410 e. The molecule has 0 bridgehead atoms. The summed E-state index contributed by atoms with van der Waals surface area (Å²) in [6.07, 6.45) is 0.972. The highest BCUT2D eigenvalue weighted by Crippen LogP contribution is 2.23. The minimum absolute atomic E-state index is 0.0354. The van der Waals surface area contributed by atoms with Crippen LogP contribution in [0, 0.1) is 0 Å². The van der Waals surface area contributed by atoms with Gasteiger partial charge < -0.3 is 39.0 Å². The minimum atomic E-state index is -1.17. The van der Waals surface area contributed by atoms with Crippen molar-refractivity contribution in [3.8, 4) is 11.5 Å². The zero-order valence-electron chi connectivity index (χ0n) is 29.9. The number of piperidine rings is 1. The SMILES string of the molecule is CCOC(=O)C(C)(C)Oc1cccc(C(=O)NC2CCN(C(=O)OC(C)(C)C)CC2)c1.CCOC(=O)C(C)(C)Oc1cccc(C(=O)O)c1. The maximum atomic E-state index is 12.7. The maximum Gasteiger partial charge on any atom is 0.410 e. The van der Waals surface area contributed by atoms with Crippen LogP contribution in [0.5, 0.6) is 11.5 Å². The zero-order valence-corrected chi connectivity index (χ0v) is 29.9. The molecule has 13 nitrogen and oxygen atoms in total. The first kappa shape index (κ1) is 40.4. The molecule has 2 aromatic rings. The van der Waals surface area contributed by atoms with Crippen LogP contribution >= 0.6 is 0 Å². The third-order valence-corrected chi connectivity index (χ3v) is 6.94. The summed E-state index contributed by atoms with van der Waals surface area (Å²) in [4.78, 5) is 61.0. The molecule has 1 fully saturated rings. The van der Waals surface area contributed by atoms with Crippen LogP contribution in [0.1, 0.15) is 95.9 Å². The molecule has 2 amide bonds. The Balaban J connectivity index is 0.000000393. The predicted molar refractivity (Wildman–Crippen MR) is 181 cm³/mol. The molecule has 0 unspecified atom stereocenters. The van der Waals surface area contributed by atoms with Gasteiger partial charge in [0.25, 0.3) is 5.91 Å². The molecule has 0 aliphatic carbocycles. The lowest BCUT2D eigenvalue weighted by Gasteiger charge is -2.33. The van der Waals surface area contributed by atoms with E-state index >= 15 is 0 Å². The summed E-state index contributed by atoms with van der Waals surface area (Å²) in [7, 11) is 0. The monoisotopic (exact) mass is 686 g/mol. The Morgan fingerprint density at radius 1 is 0.755 bits per heavy atom. The highest BCUT2D eigenvalue weighted by atomic mass is 16.6. The van der Waals surface area contributed by atoms with Gasteiger partial charge in [0.05, 0.1) is 18.8 Å². The Hall–Kier alpha value is -4.81. The summed E-state index contributed by atoms with van der Waals surface area (Å²) in [5, 5.41) is 11.9. The lowest BCUT2D eigenvalue weighted by atomic mass is 10.0. The van der Waals surface area contributed by atoms with Gasteiger partial charge in [0.15, 0.2) is 11.2 Å². The van der Waals surface area contributed by atoms with Gasteiger partial charge in [-0.1, -0.05) is 12.1 Å². The number of esters is 2. The largest absolute Gasteiger partial charge is 0.478 e. The molecule has 270 valence electrons. The lowest BCUT2D eigenvalue weighted by Crippen LogP contribution is -2.47. The molecular formula is C36H50N2O11. The minimum Gasteiger partial charge on any atom is -0.478 e. The molecule has 13 heteroatoms. The number of amides is 2. The molecule has 1 aliphatic rings. The summed E-state index contributed by atoms with van der Waals surface area (Å²) >= 11 is 0. The van der Waals surface area contributed by atoms with E-state index in [2.05, 4.69) is 5.32 Å². The number of ether oxygens (including phenoxy) is 5. The van der Waals surface area contributed by atoms with Gasteiger partial charge in [0.2, 0.25) is 0 Å². The van der Waals surface area contributed by atoms with Gasteiger partial charge in [-0.25, -0.2) is 19.2 Å². The Kier molecular flexibility index (Phi) is 14.5. The summed E-state index contributed by atoms with van der Waals surface area (Å²) in [6, 6.07) is 12.6. The Labute approximate surface area is 288 Å². The molecule has 0 atom stereocenters. The average molecular weight is 687 g/mol. The van der Waals surface area contributed by atoms with Crippen molar-refractivity contribution in [2.75, 3.05) is 26.3 Å². The molecule has 2 aromatic carbocycles. The van der Waals surface area contributed by atoms with Gasteiger partial charge in [-0.15, -0.1) is 0 Å². The van der Waals surface area contributed by atoms with Crippen LogP contribution in [-0.4, -0.2) is 89.1 Å². The predicted octanol–water partition coefficient (Wildman–Crippen LogP) is 5.64. The number of nitrogens with one attached hydrogen (secondary N) is 1. The first-order valence-corrected chi connectivity index (χ1v) is 16.2. The Morgan fingerprint density at radius 3 is 1.63 bits per heavy atom. The van der Waals surface area contributed by atoms with E-state index in [1.807, 2.05) is 20.8 Å². The summed E-state index contributed by atoms with van der Waals surface area (Å²) in [5.41, 5.74) is -2.32. The number of carbonyl (C=O) groups is 5. The number of likely N-dealkylation sites (tertiary alicyclic amines) is 1. The van der Waals surface area contributed by atoms with E-state index < -0.39 is 34.7 Å². The fourth-order valence-corrected chi connectivity index (χ4v) is 4.48. The molecule has 1 saturated heterocycles. The second-order valence-electron chi connectivity index (χ2n) is 13.2. The van der Waals surface area contributed by atoms with Gasteiger partial charge in [-0.05, 0) is 112 Å². The van der Waals surface area contributed by atoms with Crippen LogP contribution in [0.4, 0.5) is 4.79 Å². The van der Waals surface area contributed by atoms with Crippen LogP contribution in [0.15, 0.2) is 48.5 Å². The number of benzene rings is 2.